The maximum atomic E-state index is 11.4. The Bertz CT molecular complexity index is 757. The Morgan fingerprint density at radius 2 is 1.96 bits per heavy atom. The number of nitro groups is 1. The molecule has 0 spiro atoms. The summed E-state index contributed by atoms with van der Waals surface area (Å²) < 4.78 is 16.1. The number of hydrogen-bond donors (Lipinski definition) is 1. The molecule has 27 heavy (non-hydrogen) atoms. The van der Waals surface area contributed by atoms with E-state index in [0.29, 0.717) is 30.2 Å². The van der Waals surface area contributed by atoms with Crippen molar-refractivity contribution < 1.29 is 18.8 Å². The highest BCUT2D eigenvalue weighted by Gasteiger charge is 2.26. The van der Waals surface area contributed by atoms with Crippen molar-refractivity contribution in [2.24, 2.45) is 0 Å². The summed E-state index contributed by atoms with van der Waals surface area (Å²) in [5.41, 5.74) is 0.563. The lowest BCUT2D eigenvalue weighted by Gasteiger charge is -2.26. The average molecular weight is 375 g/mol. The first-order valence-corrected chi connectivity index (χ1v) is 9.01. The van der Waals surface area contributed by atoms with Crippen molar-refractivity contribution in [3.8, 4) is 11.5 Å². The molecule has 1 aliphatic rings. The van der Waals surface area contributed by atoms with E-state index in [0.717, 1.165) is 18.8 Å². The number of nitrogens with one attached hydrogen (secondary N) is 1. The van der Waals surface area contributed by atoms with Gasteiger partial charge in [-0.2, -0.15) is 0 Å². The minimum absolute atomic E-state index is 0.0101. The van der Waals surface area contributed by atoms with E-state index in [1.807, 2.05) is 12.1 Å². The second kappa shape index (κ2) is 8.88. The van der Waals surface area contributed by atoms with Crippen LogP contribution in [0.2, 0.25) is 0 Å². The quantitative estimate of drug-likeness (QED) is 0.532. The summed E-state index contributed by atoms with van der Waals surface area (Å²) in [7, 11) is 2.98. The summed E-state index contributed by atoms with van der Waals surface area (Å²) in [4.78, 5) is 13.4. The molecule has 0 aliphatic carbocycles. The van der Waals surface area contributed by atoms with E-state index < -0.39 is 4.92 Å². The van der Waals surface area contributed by atoms with Gasteiger partial charge in [-0.3, -0.25) is 15.0 Å². The van der Waals surface area contributed by atoms with Gasteiger partial charge in [-0.25, -0.2) is 0 Å². The topological polar surface area (TPSA) is 90.0 Å². The van der Waals surface area contributed by atoms with E-state index in [1.54, 1.807) is 12.3 Å². The molecule has 1 saturated heterocycles. The van der Waals surface area contributed by atoms with Gasteiger partial charge < -0.3 is 19.2 Å². The van der Waals surface area contributed by atoms with Gasteiger partial charge in [0.25, 0.3) is 5.69 Å². The molecule has 8 heteroatoms. The Morgan fingerprint density at radius 3 is 2.56 bits per heavy atom. The molecule has 2 heterocycles. The molecule has 2 aromatic rings. The smallest absolute Gasteiger partial charge is 0.277 e. The number of likely N-dealkylation sites (tertiary alicyclic amines) is 1. The van der Waals surface area contributed by atoms with Crippen molar-refractivity contribution in [3.05, 3.63) is 52.0 Å². The number of furan rings is 1. The van der Waals surface area contributed by atoms with Gasteiger partial charge >= 0.3 is 0 Å². The van der Waals surface area contributed by atoms with Crippen LogP contribution >= 0.6 is 0 Å². The number of benzene rings is 1. The van der Waals surface area contributed by atoms with E-state index in [1.165, 1.54) is 33.1 Å². The van der Waals surface area contributed by atoms with Gasteiger partial charge in [0.1, 0.15) is 5.76 Å². The third kappa shape index (κ3) is 4.40. The molecule has 1 unspecified atom stereocenters. The van der Waals surface area contributed by atoms with Crippen LogP contribution in [0, 0.1) is 10.1 Å². The Kier molecular flexibility index (Phi) is 6.31. The highest BCUT2D eigenvalue weighted by molar-refractivity contribution is 5.54. The van der Waals surface area contributed by atoms with Crippen molar-refractivity contribution in [2.75, 3.05) is 33.9 Å². The van der Waals surface area contributed by atoms with Gasteiger partial charge in [0.05, 0.1) is 37.5 Å². The molecule has 3 rings (SSSR count). The highest BCUT2D eigenvalue weighted by Crippen LogP contribution is 2.34. The molecule has 1 atom stereocenters. The van der Waals surface area contributed by atoms with E-state index in [2.05, 4.69) is 10.2 Å². The van der Waals surface area contributed by atoms with Gasteiger partial charge in [-0.1, -0.05) is 0 Å². The van der Waals surface area contributed by atoms with Crippen LogP contribution in [0.5, 0.6) is 11.5 Å². The third-order valence-electron chi connectivity index (χ3n) is 4.89. The molecule has 0 saturated carbocycles. The van der Waals surface area contributed by atoms with Crippen LogP contribution in [0.3, 0.4) is 0 Å². The monoisotopic (exact) mass is 375 g/mol. The molecule has 1 aliphatic heterocycles. The number of ether oxygens (including phenoxy) is 2. The summed E-state index contributed by atoms with van der Waals surface area (Å²) in [5.74, 6) is 1.73. The fourth-order valence-corrected chi connectivity index (χ4v) is 3.51. The maximum Gasteiger partial charge on any atom is 0.277 e. The van der Waals surface area contributed by atoms with Gasteiger partial charge in [-0.05, 0) is 44.1 Å². The van der Waals surface area contributed by atoms with Gasteiger partial charge in [-0.15, -0.1) is 0 Å². The predicted octanol–water partition coefficient (Wildman–Crippen LogP) is 3.13. The van der Waals surface area contributed by atoms with Crippen LogP contribution in [0.1, 0.15) is 30.2 Å². The zero-order valence-electron chi connectivity index (χ0n) is 15.6. The lowest BCUT2D eigenvalue weighted by molar-refractivity contribution is -0.385. The van der Waals surface area contributed by atoms with Crippen molar-refractivity contribution in [1.29, 1.82) is 0 Å². The zero-order chi connectivity index (χ0) is 19.2. The number of hydrogen-bond acceptors (Lipinski definition) is 7. The fourth-order valence-electron chi connectivity index (χ4n) is 3.51. The molecule has 1 fully saturated rings. The Balaban J connectivity index is 1.74. The second-order valence-electron chi connectivity index (χ2n) is 6.50. The molecular formula is C19H25N3O5. The summed E-state index contributed by atoms with van der Waals surface area (Å²) in [6.45, 7) is 3.05. The van der Waals surface area contributed by atoms with E-state index in [4.69, 9.17) is 13.9 Å². The standard InChI is InChI=1S/C19H25N3O5/c1-25-18-10-14(15(22(23)24)11-19(18)26-2)12-20-13-16(17-6-5-9-27-17)21-7-3-4-8-21/h5-6,9-11,16,20H,3-4,7-8,12-13H2,1-2H3. The minimum atomic E-state index is -0.399. The van der Waals surface area contributed by atoms with Crippen LogP contribution in [-0.2, 0) is 6.54 Å². The number of methoxy groups -OCH3 is 2. The fraction of sp³-hybridized carbons (Fsp3) is 0.474. The van der Waals surface area contributed by atoms with Gasteiger partial charge in [0.15, 0.2) is 11.5 Å². The second-order valence-corrected chi connectivity index (χ2v) is 6.50. The van der Waals surface area contributed by atoms with Crippen molar-refractivity contribution in [1.82, 2.24) is 10.2 Å². The van der Waals surface area contributed by atoms with Crippen LogP contribution in [0.15, 0.2) is 34.9 Å². The van der Waals surface area contributed by atoms with Crippen LogP contribution in [0.25, 0.3) is 0 Å². The summed E-state index contributed by atoms with van der Waals surface area (Å²) in [6.07, 6.45) is 4.04. The Hall–Kier alpha value is -2.58. The Labute approximate surface area is 158 Å². The van der Waals surface area contributed by atoms with E-state index in [9.17, 15) is 10.1 Å². The molecule has 0 bridgehead atoms. The summed E-state index contributed by atoms with van der Waals surface area (Å²) in [5, 5.41) is 14.8. The summed E-state index contributed by atoms with van der Waals surface area (Å²) in [6, 6.07) is 7.03. The van der Waals surface area contributed by atoms with Crippen molar-refractivity contribution in [3.63, 3.8) is 0 Å². The van der Waals surface area contributed by atoms with Crippen LogP contribution in [-0.4, -0.2) is 43.7 Å². The predicted molar refractivity (Wildman–Crippen MR) is 100 cm³/mol. The first kappa shape index (κ1) is 19.2. The molecule has 146 valence electrons. The lowest BCUT2D eigenvalue weighted by Crippen LogP contribution is -2.33. The number of nitro benzene ring substituents is 1. The third-order valence-corrected chi connectivity index (χ3v) is 4.89. The molecule has 1 N–H and O–H groups in total. The maximum absolute atomic E-state index is 11.4. The zero-order valence-corrected chi connectivity index (χ0v) is 15.6. The van der Waals surface area contributed by atoms with Gasteiger partial charge in [0.2, 0.25) is 0 Å². The van der Waals surface area contributed by atoms with Crippen molar-refractivity contribution >= 4 is 5.69 Å². The highest BCUT2D eigenvalue weighted by atomic mass is 16.6. The van der Waals surface area contributed by atoms with E-state index in [-0.39, 0.29) is 11.7 Å². The molecule has 8 nitrogen and oxygen atoms in total. The largest absolute Gasteiger partial charge is 0.493 e. The van der Waals surface area contributed by atoms with Gasteiger partial charge in [0, 0.05) is 18.7 Å². The van der Waals surface area contributed by atoms with E-state index >= 15 is 0 Å². The minimum Gasteiger partial charge on any atom is -0.493 e. The molecule has 1 aromatic carbocycles. The van der Waals surface area contributed by atoms with Crippen LogP contribution in [0.4, 0.5) is 5.69 Å². The summed E-state index contributed by atoms with van der Waals surface area (Å²) >= 11 is 0. The number of rotatable bonds is 9. The average Bonchev–Trinajstić information content (AvgIpc) is 3.38. The lowest BCUT2D eigenvalue weighted by atomic mass is 10.1. The normalized spacial score (nSPS) is 15.6. The van der Waals surface area contributed by atoms with Crippen molar-refractivity contribution in [2.45, 2.75) is 25.4 Å². The SMILES string of the molecule is COc1cc(CNCC(c2ccco2)N2CCCC2)c([N+](=O)[O-])cc1OC. The molecule has 0 radical (unpaired) electrons. The molecular weight excluding hydrogens is 350 g/mol. The molecule has 0 amide bonds. The first-order valence-electron chi connectivity index (χ1n) is 9.01. The molecule has 1 aromatic heterocycles. The first-order chi connectivity index (χ1) is 13.1. The number of nitrogens with zero attached hydrogens (tertiary/aromatic N) is 2. The Morgan fingerprint density at radius 1 is 1.26 bits per heavy atom. The van der Waals surface area contributed by atoms with Crippen LogP contribution < -0.4 is 14.8 Å².